The summed E-state index contributed by atoms with van der Waals surface area (Å²) in [6, 6.07) is 3.55. The third-order valence-corrected chi connectivity index (χ3v) is 3.05. The molecule has 2 aromatic rings. The molecule has 1 N–H and O–H groups in total. The minimum atomic E-state index is -4.55. The Morgan fingerprint density at radius 3 is 2.67 bits per heavy atom. The van der Waals surface area contributed by atoms with Gasteiger partial charge in [0.25, 0.3) is 0 Å². The zero-order chi connectivity index (χ0) is 13.2. The first-order valence-corrected chi connectivity index (χ1v) is 5.66. The van der Waals surface area contributed by atoms with E-state index in [9.17, 15) is 18.0 Å². The van der Waals surface area contributed by atoms with Crippen molar-refractivity contribution in [1.82, 2.24) is 9.97 Å². The molecule has 0 aliphatic carbocycles. The number of aldehydes is 1. The Morgan fingerprint density at radius 2 is 2.11 bits per heavy atom. The number of aromatic amines is 1. The number of aromatic nitrogens is 2. The topological polar surface area (TPSA) is 45.8 Å². The zero-order valence-electron chi connectivity index (χ0n) is 8.86. The van der Waals surface area contributed by atoms with Gasteiger partial charge in [0, 0.05) is 22.9 Å². The van der Waals surface area contributed by atoms with Gasteiger partial charge >= 0.3 is 6.18 Å². The van der Waals surface area contributed by atoms with Crippen molar-refractivity contribution >= 4 is 18.0 Å². The number of alkyl halides is 3. The van der Waals surface area contributed by atoms with Crippen LogP contribution in [0.3, 0.4) is 0 Å². The number of rotatable bonds is 3. The van der Waals surface area contributed by atoms with E-state index >= 15 is 0 Å². The molecule has 7 heteroatoms. The summed E-state index contributed by atoms with van der Waals surface area (Å²) in [5, 5.41) is 0.488. The Labute approximate surface area is 104 Å². The monoisotopic (exact) mass is 272 g/mol. The largest absolute Gasteiger partial charge is 0.417 e. The van der Waals surface area contributed by atoms with Crippen LogP contribution in [0, 0.1) is 0 Å². The molecule has 1 heterocycles. The number of halogens is 3. The van der Waals surface area contributed by atoms with E-state index in [1.165, 1.54) is 12.3 Å². The van der Waals surface area contributed by atoms with Crippen molar-refractivity contribution in [3.63, 3.8) is 0 Å². The zero-order valence-corrected chi connectivity index (χ0v) is 9.68. The molecule has 0 unspecified atom stereocenters. The van der Waals surface area contributed by atoms with E-state index < -0.39 is 11.7 Å². The molecule has 1 aromatic heterocycles. The number of nitrogens with zero attached hydrogens (tertiary/aromatic N) is 1. The number of H-pyrrole nitrogens is 1. The van der Waals surface area contributed by atoms with E-state index in [1.807, 2.05) is 0 Å². The van der Waals surface area contributed by atoms with Crippen molar-refractivity contribution in [3.8, 4) is 0 Å². The highest BCUT2D eigenvalue weighted by atomic mass is 32.2. The predicted molar refractivity (Wildman–Crippen MR) is 59.5 cm³/mol. The maximum Gasteiger partial charge on any atom is 0.417 e. The first-order valence-electron chi connectivity index (χ1n) is 4.84. The van der Waals surface area contributed by atoms with Crippen LogP contribution in [0.1, 0.15) is 15.9 Å². The molecule has 0 atom stereocenters. The van der Waals surface area contributed by atoms with Crippen molar-refractivity contribution in [2.45, 2.75) is 16.2 Å². The van der Waals surface area contributed by atoms with Crippen LogP contribution >= 0.6 is 11.8 Å². The highest BCUT2D eigenvalue weighted by Gasteiger charge is 2.33. The molecule has 0 aliphatic rings. The number of hydrogen-bond donors (Lipinski definition) is 1. The number of carbonyl (C=O) groups is 1. The van der Waals surface area contributed by atoms with Crippen molar-refractivity contribution in [2.24, 2.45) is 0 Å². The average molecular weight is 272 g/mol. The third-order valence-electron chi connectivity index (χ3n) is 2.14. The summed E-state index contributed by atoms with van der Waals surface area (Å²) in [6.45, 7) is 0. The summed E-state index contributed by atoms with van der Waals surface area (Å²) in [4.78, 5) is 17.6. The van der Waals surface area contributed by atoms with Crippen LogP contribution in [-0.4, -0.2) is 16.3 Å². The lowest BCUT2D eigenvalue weighted by Crippen LogP contribution is -2.08. The van der Waals surface area contributed by atoms with E-state index in [2.05, 4.69) is 9.97 Å². The van der Waals surface area contributed by atoms with Crippen molar-refractivity contribution in [2.75, 3.05) is 0 Å². The van der Waals surface area contributed by atoms with Crippen molar-refractivity contribution < 1.29 is 18.0 Å². The minimum absolute atomic E-state index is 0.199. The van der Waals surface area contributed by atoms with Crippen LogP contribution in [0.4, 0.5) is 13.2 Å². The van der Waals surface area contributed by atoms with E-state index in [1.54, 1.807) is 6.20 Å². The van der Waals surface area contributed by atoms with Gasteiger partial charge in [-0.1, -0.05) is 11.8 Å². The van der Waals surface area contributed by atoms with E-state index in [0.717, 1.165) is 23.9 Å². The Morgan fingerprint density at radius 1 is 1.33 bits per heavy atom. The van der Waals surface area contributed by atoms with Crippen LogP contribution in [0.25, 0.3) is 0 Å². The standard InChI is InChI=1S/C11H7F3N2OS/c12-11(13,14)9-5-8(2-1-7(9)6-17)18-10-15-3-4-16-10/h1-6H,(H,15,16). The highest BCUT2D eigenvalue weighted by molar-refractivity contribution is 7.99. The molecule has 0 aliphatic heterocycles. The fourth-order valence-corrected chi connectivity index (χ4v) is 2.14. The SMILES string of the molecule is O=Cc1ccc(Sc2ncc[nH]2)cc1C(F)(F)F. The number of nitrogens with one attached hydrogen (secondary N) is 1. The molecular formula is C11H7F3N2OS. The number of hydrogen-bond acceptors (Lipinski definition) is 3. The van der Waals surface area contributed by atoms with Gasteiger partial charge in [-0.15, -0.1) is 0 Å². The Balaban J connectivity index is 2.37. The third kappa shape index (κ3) is 2.73. The van der Waals surface area contributed by atoms with Crippen molar-refractivity contribution in [1.29, 1.82) is 0 Å². The quantitative estimate of drug-likeness (QED) is 0.871. The summed E-state index contributed by atoms with van der Waals surface area (Å²) >= 11 is 1.06. The second-order valence-electron chi connectivity index (χ2n) is 3.36. The second-order valence-corrected chi connectivity index (χ2v) is 4.42. The normalized spacial score (nSPS) is 11.5. The van der Waals surface area contributed by atoms with Gasteiger partial charge in [-0.3, -0.25) is 4.79 Å². The Bertz CT molecular complexity index is 552. The van der Waals surface area contributed by atoms with Crippen LogP contribution < -0.4 is 0 Å². The second kappa shape index (κ2) is 4.85. The first-order chi connectivity index (χ1) is 8.50. The van der Waals surface area contributed by atoms with Gasteiger partial charge in [0.15, 0.2) is 11.4 Å². The van der Waals surface area contributed by atoms with Gasteiger partial charge in [-0.2, -0.15) is 13.2 Å². The van der Waals surface area contributed by atoms with Crippen LogP contribution in [-0.2, 0) is 6.18 Å². The Kier molecular flexibility index (Phi) is 3.42. The summed E-state index contributed by atoms with van der Waals surface area (Å²) < 4.78 is 38.1. The fourth-order valence-electron chi connectivity index (χ4n) is 1.37. The lowest BCUT2D eigenvalue weighted by atomic mass is 10.1. The summed E-state index contributed by atoms with van der Waals surface area (Å²) in [5.74, 6) is 0. The van der Waals surface area contributed by atoms with Crippen LogP contribution in [0.2, 0.25) is 0 Å². The van der Waals surface area contributed by atoms with Crippen LogP contribution in [0.15, 0.2) is 40.6 Å². The van der Waals surface area contributed by atoms with Gasteiger partial charge < -0.3 is 4.98 Å². The van der Waals surface area contributed by atoms with Crippen molar-refractivity contribution in [3.05, 3.63) is 41.7 Å². The summed E-state index contributed by atoms with van der Waals surface area (Å²) in [5.41, 5.74) is -1.31. The number of benzene rings is 1. The maximum atomic E-state index is 12.7. The van der Waals surface area contributed by atoms with Gasteiger partial charge in [0.05, 0.1) is 5.56 Å². The van der Waals surface area contributed by atoms with Gasteiger partial charge in [-0.05, 0) is 18.2 Å². The predicted octanol–water partition coefficient (Wildman–Crippen LogP) is 3.39. The maximum absolute atomic E-state index is 12.7. The summed E-state index contributed by atoms with van der Waals surface area (Å²) in [7, 11) is 0. The first kappa shape index (κ1) is 12.7. The smallest absolute Gasteiger partial charge is 0.339 e. The molecule has 0 bridgehead atoms. The minimum Gasteiger partial charge on any atom is -0.339 e. The van der Waals surface area contributed by atoms with Gasteiger partial charge in [0.2, 0.25) is 0 Å². The molecule has 0 spiro atoms. The lowest BCUT2D eigenvalue weighted by molar-refractivity contribution is -0.138. The highest BCUT2D eigenvalue weighted by Crippen LogP contribution is 2.35. The number of imidazole rings is 1. The summed E-state index contributed by atoms with van der Waals surface area (Å²) in [6.07, 6.45) is -1.26. The van der Waals surface area contributed by atoms with Gasteiger partial charge in [-0.25, -0.2) is 4.98 Å². The molecule has 3 nitrogen and oxygen atoms in total. The lowest BCUT2D eigenvalue weighted by Gasteiger charge is -2.10. The Hall–Kier alpha value is -1.76. The molecule has 2 rings (SSSR count). The molecule has 0 fully saturated rings. The molecule has 0 amide bonds. The molecule has 0 saturated carbocycles. The molecule has 0 saturated heterocycles. The molecule has 94 valence electrons. The molecule has 0 radical (unpaired) electrons. The number of carbonyl (C=O) groups excluding carboxylic acids is 1. The fraction of sp³-hybridized carbons (Fsp3) is 0.0909. The van der Waals surface area contributed by atoms with E-state index in [-0.39, 0.29) is 11.8 Å². The molecule has 18 heavy (non-hydrogen) atoms. The van der Waals surface area contributed by atoms with Gasteiger partial charge in [0.1, 0.15) is 0 Å². The van der Waals surface area contributed by atoms with E-state index in [4.69, 9.17) is 0 Å². The van der Waals surface area contributed by atoms with Crippen LogP contribution in [0.5, 0.6) is 0 Å². The molecule has 1 aromatic carbocycles. The van der Waals surface area contributed by atoms with E-state index in [0.29, 0.717) is 10.1 Å². The average Bonchev–Trinajstić information content (AvgIpc) is 2.80. The molecular weight excluding hydrogens is 265 g/mol.